The van der Waals surface area contributed by atoms with Gasteiger partial charge in [0.2, 0.25) is 5.91 Å². The summed E-state index contributed by atoms with van der Waals surface area (Å²) in [4.78, 5) is 28.9. The second kappa shape index (κ2) is 6.80. The third-order valence-corrected chi connectivity index (χ3v) is 6.23. The van der Waals surface area contributed by atoms with Crippen LogP contribution in [0.15, 0.2) is 22.9 Å². The summed E-state index contributed by atoms with van der Waals surface area (Å²) >= 11 is 2.89. The van der Waals surface area contributed by atoms with Gasteiger partial charge in [-0.05, 0) is 24.3 Å². The molecule has 0 radical (unpaired) electrons. The van der Waals surface area contributed by atoms with E-state index >= 15 is 0 Å². The molecule has 0 spiro atoms. The van der Waals surface area contributed by atoms with Crippen LogP contribution >= 0.6 is 22.7 Å². The number of rotatable bonds is 5. The first-order valence-corrected chi connectivity index (χ1v) is 9.38. The van der Waals surface area contributed by atoms with Crippen LogP contribution in [-0.2, 0) is 16.8 Å². The maximum atomic E-state index is 12.9. The molecule has 0 aromatic carbocycles. The fourth-order valence-electron chi connectivity index (χ4n) is 3.11. The minimum atomic E-state index is -1.04. The predicted molar refractivity (Wildman–Crippen MR) is 90.0 cm³/mol. The number of amides is 1. The molecule has 1 saturated carbocycles. The number of carboxylic acids is 1. The zero-order valence-corrected chi connectivity index (χ0v) is 14.2. The van der Waals surface area contributed by atoms with Crippen molar-refractivity contribution in [3.05, 3.63) is 38.5 Å². The summed E-state index contributed by atoms with van der Waals surface area (Å²) in [6, 6.07) is 4.03. The lowest BCUT2D eigenvalue weighted by Gasteiger charge is -2.35. The van der Waals surface area contributed by atoms with E-state index in [4.69, 9.17) is 5.11 Å². The number of carbonyl (C=O) groups is 2. The molecule has 0 aliphatic heterocycles. The molecule has 23 heavy (non-hydrogen) atoms. The van der Waals surface area contributed by atoms with Crippen LogP contribution in [0, 0.1) is 0 Å². The fraction of sp³-hybridized carbons (Fsp3) is 0.438. The number of thiazole rings is 1. The van der Waals surface area contributed by atoms with Gasteiger partial charge in [-0.1, -0.05) is 25.3 Å². The van der Waals surface area contributed by atoms with Gasteiger partial charge in [0.05, 0.1) is 12.0 Å². The standard InChI is InChI=1S/C16H18N2O3S2/c19-14(20)11-10-23-13(18-11)9-17-15(21)16(6-2-1-3-7-16)12-5-4-8-22-12/h4-5,8,10H,1-3,6-7,9H2,(H,17,21)(H,19,20). The number of nitrogens with zero attached hydrogens (tertiary/aromatic N) is 1. The molecular weight excluding hydrogens is 332 g/mol. The van der Waals surface area contributed by atoms with E-state index in [1.54, 1.807) is 11.3 Å². The van der Waals surface area contributed by atoms with Crippen molar-refractivity contribution >= 4 is 34.6 Å². The summed E-state index contributed by atoms with van der Waals surface area (Å²) < 4.78 is 0. The maximum Gasteiger partial charge on any atom is 0.355 e. The van der Waals surface area contributed by atoms with E-state index in [9.17, 15) is 9.59 Å². The highest BCUT2D eigenvalue weighted by atomic mass is 32.1. The molecule has 3 rings (SSSR count). The molecule has 5 nitrogen and oxygen atoms in total. The molecule has 0 unspecified atom stereocenters. The Hall–Kier alpha value is -1.73. The molecule has 0 atom stereocenters. The van der Waals surface area contributed by atoms with Crippen LogP contribution in [0.25, 0.3) is 0 Å². The molecule has 1 fully saturated rings. The van der Waals surface area contributed by atoms with Gasteiger partial charge < -0.3 is 10.4 Å². The van der Waals surface area contributed by atoms with E-state index in [1.807, 2.05) is 17.5 Å². The van der Waals surface area contributed by atoms with E-state index in [0.29, 0.717) is 5.01 Å². The van der Waals surface area contributed by atoms with Gasteiger partial charge in [-0.3, -0.25) is 4.79 Å². The van der Waals surface area contributed by atoms with Crippen LogP contribution in [0.4, 0.5) is 0 Å². The van der Waals surface area contributed by atoms with Crippen LogP contribution < -0.4 is 5.32 Å². The van der Waals surface area contributed by atoms with Crippen molar-refractivity contribution in [2.24, 2.45) is 0 Å². The van der Waals surface area contributed by atoms with Crippen LogP contribution in [0.2, 0.25) is 0 Å². The number of thiophene rings is 1. The predicted octanol–water partition coefficient (Wildman–Crippen LogP) is 3.42. The Balaban J connectivity index is 1.72. The molecule has 7 heteroatoms. The Kier molecular flexibility index (Phi) is 4.77. The quantitative estimate of drug-likeness (QED) is 0.866. The monoisotopic (exact) mass is 350 g/mol. The first-order valence-electron chi connectivity index (χ1n) is 7.62. The summed E-state index contributed by atoms with van der Waals surface area (Å²) in [6.45, 7) is 0.282. The minimum Gasteiger partial charge on any atom is -0.476 e. The van der Waals surface area contributed by atoms with Gasteiger partial charge in [-0.15, -0.1) is 22.7 Å². The molecule has 0 bridgehead atoms. The lowest BCUT2D eigenvalue weighted by Crippen LogP contribution is -2.45. The summed E-state index contributed by atoms with van der Waals surface area (Å²) in [6.07, 6.45) is 5.04. The number of aromatic nitrogens is 1. The molecule has 1 amide bonds. The molecule has 2 heterocycles. The van der Waals surface area contributed by atoms with Crippen molar-refractivity contribution < 1.29 is 14.7 Å². The van der Waals surface area contributed by atoms with Gasteiger partial charge in [0.25, 0.3) is 0 Å². The van der Waals surface area contributed by atoms with Crippen molar-refractivity contribution in [1.82, 2.24) is 10.3 Å². The molecule has 122 valence electrons. The van der Waals surface area contributed by atoms with E-state index in [-0.39, 0.29) is 18.1 Å². The highest BCUT2D eigenvalue weighted by Crippen LogP contribution is 2.41. The zero-order valence-electron chi connectivity index (χ0n) is 12.6. The zero-order chi connectivity index (χ0) is 16.3. The van der Waals surface area contributed by atoms with Gasteiger partial charge in [0.15, 0.2) is 5.69 Å². The normalized spacial score (nSPS) is 16.9. The fourth-order valence-corrected chi connectivity index (χ4v) is 4.80. The Labute approximate surface area is 142 Å². The third-order valence-electron chi connectivity index (χ3n) is 4.31. The topological polar surface area (TPSA) is 79.3 Å². The Morgan fingerprint density at radius 1 is 1.26 bits per heavy atom. The Morgan fingerprint density at radius 2 is 2.04 bits per heavy atom. The van der Waals surface area contributed by atoms with Crippen molar-refractivity contribution in [1.29, 1.82) is 0 Å². The van der Waals surface area contributed by atoms with Gasteiger partial charge >= 0.3 is 5.97 Å². The van der Waals surface area contributed by atoms with Crippen LogP contribution in [0.1, 0.15) is 52.5 Å². The average Bonchev–Trinajstić information content (AvgIpc) is 3.25. The molecule has 2 aromatic heterocycles. The number of aromatic carboxylic acids is 1. The van der Waals surface area contributed by atoms with Crippen molar-refractivity contribution in [3.8, 4) is 0 Å². The SMILES string of the molecule is O=C(O)c1csc(CNC(=O)C2(c3cccs3)CCCCC2)n1. The molecule has 2 aromatic rings. The Morgan fingerprint density at radius 3 is 2.65 bits per heavy atom. The van der Waals surface area contributed by atoms with Crippen molar-refractivity contribution in [2.75, 3.05) is 0 Å². The third kappa shape index (κ3) is 3.30. The van der Waals surface area contributed by atoms with E-state index in [0.717, 1.165) is 30.6 Å². The summed E-state index contributed by atoms with van der Waals surface area (Å²) in [7, 11) is 0. The summed E-state index contributed by atoms with van der Waals surface area (Å²) in [5.41, 5.74) is -0.399. The van der Waals surface area contributed by atoms with Crippen LogP contribution in [0.3, 0.4) is 0 Å². The van der Waals surface area contributed by atoms with Crippen LogP contribution in [0.5, 0.6) is 0 Å². The van der Waals surface area contributed by atoms with Crippen molar-refractivity contribution in [3.63, 3.8) is 0 Å². The highest BCUT2D eigenvalue weighted by Gasteiger charge is 2.41. The second-order valence-electron chi connectivity index (χ2n) is 5.73. The van der Waals surface area contributed by atoms with Crippen LogP contribution in [-0.4, -0.2) is 22.0 Å². The van der Waals surface area contributed by atoms with Gasteiger partial charge in [-0.25, -0.2) is 9.78 Å². The minimum absolute atomic E-state index is 0.0323. The van der Waals surface area contributed by atoms with Crippen molar-refractivity contribution in [2.45, 2.75) is 44.1 Å². The number of nitrogens with one attached hydrogen (secondary N) is 1. The first kappa shape index (κ1) is 16.1. The lowest BCUT2D eigenvalue weighted by atomic mass is 9.72. The summed E-state index contributed by atoms with van der Waals surface area (Å²) in [5, 5.41) is 16.0. The summed E-state index contributed by atoms with van der Waals surface area (Å²) in [5.74, 6) is -1.01. The van der Waals surface area contributed by atoms with E-state index < -0.39 is 11.4 Å². The first-order chi connectivity index (χ1) is 11.1. The molecule has 1 aliphatic rings. The smallest absolute Gasteiger partial charge is 0.355 e. The number of hydrogen-bond acceptors (Lipinski definition) is 5. The lowest BCUT2D eigenvalue weighted by molar-refractivity contribution is -0.128. The van der Waals surface area contributed by atoms with Gasteiger partial charge in [0.1, 0.15) is 5.01 Å². The molecular formula is C16H18N2O3S2. The molecule has 2 N–H and O–H groups in total. The maximum absolute atomic E-state index is 12.9. The number of carboxylic acid groups (broad SMARTS) is 1. The largest absolute Gasteiger partial charge is 0.476 e. The number of carbonyl (C=O) groups excluding carboxylic acids is 1. The molecule has 0 saturated heterocycles. The second-order valence-corrected chi connectivity index (χ2v) is 7.62. The molecule has 1 aliphatic carbocycles. The number of hydrogen-bond donors (Lipinski definition) is 2. The average molecular weight is 350 g/mol. The van der Waals surface area contributed by atoms with E-state index in [1.165, 1.54) is 23.1 Å². The highest BCUT2D eigenvalue weighted by molar-refractivity contribution is 7.10. The Bertz CT molecular complexity index is 688. The van der Waals surface area contributed by atoms with Gasteiger partial charge in [0, 0.05) is 10.3 Å². The van der Waals surface area contributed by atoms with Gasteiger partial charge in [-0.2, -0.15) is 0 Å². The van der Waals surface area contributed by atoms with E-state index in [2.05, 4.69) is 10.3 Å².